The molecule has 0 bridgehead atoms. The Morgan fingerprint density at radius 2 is 1.83 bits per heavy atom. The van der Waals surface area contributed by atoms with Crippen molar-refractivity contribution in [3.8, 4) is 0 Å². The molecule has 1 aliphatic heterocycles. The van der Waals surface area contributed by atoms with Crippen LogP contribution in [0.15, 0.2) is 35.2 Å². The van der Waals surface area contributed by atoms with Gasteiger partial charge >= 0.3 is 0 Å². The average Bonchev–Trinajstić information content (AvgIpc) is 2.34. The molecule has 6 nitrogen and oxygen atoms in total. The van der Waals surface area contributed by atoms with E-state index in [2.05, 4.69) is 5.32 Å². The molecular formula is C11H12N2O4S. The molecule has 2 amide bonds. The summed E-state index contributed by atoms with van der Waals surface area (Å²) in [6.07, 6.45) is 0. The highest BCUT2D eigenvalue weighted by atomic mass is 32.2. The van der Waals surface area contributed by atoms with E-state index in [4.69, 9.17) is 0 Å². The van der Waals surface area contributed by atoms with Crippen molar-refractivity contribution in [1.82, 2.24) is 9.62 Å². The Morgan fingerprint density at radius 1 is 1.22 bits per heavy atom. The summed E-state index contributed by atoms with van der Waals surface area (Å²) >= 11 is 0. The zero-order chi connectivity index (χ0) is 13.3. The van der Waals surface area contributed by atoms with Gasteiger partial charge in [0.2, 0.25) is 21.8 Å². The molecule has 2 rings (SSSR count). The lowest BCUT2D eigenvalue weighted by Gasteiger charge is -2.30. The minimum absolute atomic E-state index is 0.0688. The van der Waals surface area contributed by atoms with E-state index in [9.17, 15) is 18.0 Å². The van der Waals surface area contributed by atoms with Crippen molar-refractivity contribution in [3.63, 3.8) is 0 Å². The van der Waals surface area contributed by atoms with Crippen LogP contribution in [-0.4, -0.2) is 37.1 Å². The van der Waals surface area contributed by atoms with E-state index in [1.807, 2.05) is 0 Å². The first-order valence-corrected chi connectivity index (χ1v) is 6.77. The van der Waals surface area contributed by atoms with Crippen LogP contribution in [0.4, 0.5) is 0 Å². The minimum Gasteiger partial charge on any atom is -0.294 e. The van der Waals surface area contributed by atoms with E-state index in [1.165, 1.54) is 19.1 Å². The minimum atomic E-state index is -3.83. The van der Waals surface area contributed by atoms with Gasteiger partial charge in [0.1, 0.15) is 6.04 Å². The number of hydrogen-bond donors (Lipinski definition) is 1. The third kappa shape index (κ3) is 2.14. The van der Waals surface area contributed by atoms with Gasteiger partial charge in [0.25, 0.3) is 0 Å². The summed E-state index contributed by atoms with van der Waals surface area (Å²) in [4.78, 5) is 22.8. The lowest BCUT2D eigenvalue weighted by molar-refractivity contribution is -0.136. The second-order valence-electron chi connectivity index (χ2n) is 3.95. The molecule has 7 heteroatoms. The van der Waals surface area contributed by atoms with Crippen molar-refractivity contribution in [2.75, 3.05) is 6.54 Å². The first-order valence-electron chi connectivity index (χ1n) is 5.33. The Kier molecular flexibility index (Phi) is 3.18. The van der Waals surface area contributed by atoms with Gasteiger partial charge in [0.15, 0.2) is 0 Å². The number of hydrogen-bond acceptors (Lipinski definition) is 4. The molecule has 1 aromatic carbocycles. The second kappa shape index (κ2) is 4.51. The van der Waals surface area contributed by atoms with E-state index in [0.29, 0.717) is 0 Å². The Morgan fingerprint density at radius 3 is 2.44 bits per heavy atom. The average molecular weight is 268 g/mol. The number of amides is 2. The predicted molar refractivity (Wildman–Crippen MR) is 62.9 cm³/mol. The molecule has 1 aliphatic rings. The lowest BCUT2D eigenvalue weighted by Crippen LogP contribution is -2.58. The highest BCUT2D eigenvalue weighted by Crippen LogP contribution is 2.19. The van der Waals surface area contributed by atoms with Gasteiger partial charge in [-0.1, -0.05) is 18.2 Å². The number of rotatable bonds is 2. The first-order chi connectivity index (χ1) is 8.43. The maximum absolute atomic E-state index is 12.3. The molecule has 18 heavy (non-hydrogen) atoms. The smallest absolute Gasteiger partial charge is 0.244 e. The quantitative estimate of drug-likeness (QED) is 0.748. The highest BCUT2D eigenvalue weighted by Gasteiger charge is 2.38. The molecule has 1 atom stereocenters. The molecule has 96 valence electrons. The Balaban J connectivity index is 2.41. The largest absolute Gasteiger partial charge is 0.294 e. The van der Waals surface area contributed by atoms with Gasteiger partial charge in [-0.25, -0.2) is 8.42 Å². The molecular weight excluding hydrogens is 256 g/mol. The van der Waals surface area contributed by atoms with Crippen LogP contribution < -0.4 is 5.32 Å². The number of nitrogens with zero attached hydrogens (tertiary/aromatic N) is 1. The molecule has 0 spiro atoms. The third-order valence-corrected chi connectivity index (χ3v) is 4.65. The van der Waals surface area contributed by atoms with E-state index in [1.54, 1.807) is 18.2 Å². The first kappa shape index (κ1) is 12.7. The van der Waals surface area contributed by atoms with E-state index in [0.717, 1.165) is 4.31 Å². The number of nitrogens with one attached hydrogen (secondary N) is 1. The summed E-state index contributed by atoms with van der Waals surface area (Å²) in [6, 6.07) is 6.83. The molecule has 1 N–H and O–H groups in total. The fourth-order valence-electron chi connectivity index (χ4n) is 1.71. The van der Waals surface area contributed by atoms with Crippen LogP contribution in [0.2, 0.25) is 0 Å². The maximum atomic E-state index is 12.3. The van der Waals surface area contributed by atoms with Gasteiger partial charge in [-0.3, -0.25) is 14.9 Å². The van der Waals surface area contributed by atoms with Crippen molar-refractivity contribution in [2.45, 2.75) is 17.9 Å². The second-order valence-corrected chi connectivity index (χ2v) is 5.84. The number of benzene rings is 1. The Labute approximate surface area is 105 Å². The van der Waals surface area contributed by atoms with Crippen LogP contribution in [0, 0.1) is 0 Å². The van der Waals surface area contributed by atoms with E-state index in [-0.39, 0.29) is 11.4 Å². The molecule has 1 heterocycles. The number of carbonyl (C=O) groups excluding carboxylic acids is 2. The van der Waals surface area contributed by atoms with Crippen molar-refractivity contribution < 1.29 is 18.0 Å². The van der Waals surface area contributed by atoms with E-state index < -0.39 is 27.9 Å². The van der Waals surface area contributed by atoms with E-state index >= 15 is 0 Å². The molecule has 0 saturated carbocycles. The molecule has 0 aromatic heterocycles. The molecule has 0 radical (unpaired) electrons. The number of sulfonamides is 1. The fraction of sp³-hybridized carbons (Fsp3) is 0.273. The van der Waals surface area contributed by atoms with Crippen LogP contribution >= 0.6 is 0 Å². The summed E-state index contributed by atoms with van der Waals surface area (Å²) in [7, 11) is -3.83. The van der Waals surface area contributed by atoms with Crippen LogP contribution in [0.3, 0.4) is 0 Å². The van der Waals surface area contributed by atoms with Crippen molar-refractivity contribution in [2.24, 2.45) is 0 Å². The molecule has 1 aromatic rings. The number of imide groups is 1. The maximum Gasteiger partial charge on any atom is 0.244 e. The molecule has 1 saturated heterocycles. The third-order valence-electron chi connectivity index (χ3n) is 2.72. The summed E-state index contributed by atoms with van der Waals surface area (Å²) in [5.74, 6) is -1.22. The van der Waals surface area contributed by atoms with Crippen molar-refractivity contribution >= 4 is 21.8 Å². The molecule has 1 unspecified atom stereocenters. The predicted octanol–water partition coefficient (Wildman–Crippen LogP) is -0.278. The summed E-state index contributed by atoms with van der Waals surface area (Å²) in [5, 5.41) is 2.10. The van der Waals surface area contributed by atoms with Gasteiger partial charge in [-0.15, -0.1) is 0 Å². The standard InChI is InChI=1S/C11H12N2O4S/c1-8-11(15)12-10(14)7-13(8)18(16,17)9-5-3-2-4-6-9/h2-6,8H,7H2,1H3,(H,12,14,15). The summed E-state index contributed by atoms with van der Waals surface area (Å²) in [6.45, 7) is 1.10. The van der Waals surface area contributed by atoms with Gasteiger partial charge < -0.3 is 0 Å². The topological polar surface area (TPSA) is 83.6 Å². The highest BCUT2D eigenvalue weighted by molar-refractivity contribution is 7.89. The van der Waals surface area contributed by atoms with Crippen LogP contribution in [0.5, 0.6) is 0 Å². The van der Waals surface area contributed by atoms with Crippen LogP contribution in [-0.2, 0) is 19.6 Å². The molecule has 1 fully saturated rings. The van der Waals surface area contributed by atoms with Gasteiger partial charge in [0, 0.05) is 0 Å². The summed E-state index contributed by atoms with van der Waals surface area (Å²) in [5.41, 5.74) is 0. The number of carbonyl (C=O) groups is 2. The summed E-state index contributed by atoms with van der Waals surface area (Å²) < 4.78 is 25.5. The lowest BCUT2D eigenvalue weighted by atomic mass is 10.2. The van der Waals surface area contributed by atoms with Gasteiger partial charge in [0.05, 0.1) is 11.4 Å². The fourth-order valence-corrected chi connectivity index (χ4v) is 3.28. The molecule has 0 aliphatic carbocycles. The zero-order valence-corrected chi connectivity index (χ0v) is 10.5. The Hall–Kier alpha value is -1.73. The van der Waals surface area contributed by atoms with Crippen LogP contribution in [0.1, 0.15) is 6.92 Å². The normalized spacial score (nSPS) is 21.7. The van der Waals surface area contributed by atoms with Gasteiger partial charge in [-0.2, -0.15) is 4.31 Å². The number of piperazine rings is 1. The Bertz CT molecular complexity index is 582. The SMILES string of the molecule is CC1C(=O)NC(=O)CN1S(=O)(=O)c1ccccc1. The van der Waals surface area contributed by atoms with Crippen molar-refractivity contribution in [3.05, 3.63) is 30.3 Å². The monoisotopic (exact) mass is 268 g/mol. The zero-order valence-electron chi connectivity index (χ0n) is 9.66. The van der Waals surface area contributed by atoms with Crippen LogP contribution in [0.25, 0.3) is 0 Å². The van der Waals surface area contributed by atoms with Gasteiger partial charge in [-0.05, 0) is 19.1 Å². The van der Waals surface area contributed by atoms with Crippen molar-refractivity contribution in [1.29, 1.82) is 0 Å².